The van der Waals surface area contributed by atoms with Gasteiger partial charge in [0.15, 0.2) is 0 Å². The third kappa shape index (κ3) is 3.49. The molecule has 1 fully saturated rings. The molecule has 1 aliphatic rings. The van der Waals surface area contributed by atoms with Crippen molar-refractivity contribution in [3.8, 4) is 11.4 Å². The van der Waals surface area contributed by atoms with Gasteiger partial charge in [0.1, 0.15) is 11.4 Å². The molecule has 1 saturated heterocycles. The zero-order valence-corrected chi connectivity index (χ0v) is 15.0. The average molecular weight is 379 g/mol. The quantitative estimate of drug-likeness (QED) is 0.777. The Labute approximate surface area is 149 Å². The molecule has 12 heteroatoms. The Kier molecular flexibility index (Phi) is 4.59. The van der Waals surface area contributed by atoms with Gasteiger partial charge in [-0.15, -0.1) is 0 Å². The molecule has 2 aromatic rings. The molecule has 0 saturated carbocycles. The number of aryl methyl sites for hydroxylation is 1. The Morgan fingerprint density at radius 1 is 1.27 bits per heavy atom. The monoisotopic (exact) mass is 379 g/mol. The standard InChI is InChI=1S/C14H17N7O4S/c1-19-10(7-11(18-19)12-9-15-3-4-16-12)8-17-13(22)20-5-6-21(14(20)23)26(2,24)25/h3-4,7,9H,5-6,8H2,1-2H3,(H,17,22). The van der Waals surface area contributed by atoms with Gasteiger partial charge in [-0.2, -0.15) is 5.10 Å². The second-order valence-corrected chi connectivity index (χ2v) is 7.57. The summed E-state index contributed by atoms with van der Waals surface area (Å²) in [5.74, 6) is 0. The highest BCUT2D eigenvalue weighted by molar-refractivity contribution is 7.88. The van der Waals surface area contributed by atoms with Crippen LogP contribution >= 0.6 is 0 Å². The number of imide groups is 1. The maximum absolute atomic E-state index is 12.2. The molecule has 0 aliphatic carbocycles. The van der Waals surface area contributed by atoms with Crippen molar-refractivity contribution in [2.24, 2.45) is 7.05 Å². The van der Waals surface area contributed by atoms with Crippen LogP contribution in [0.2, 0.25) is 0 Å². The number of rotatable bonds is 4. The van der Waals surface area contributed by atoms with Crippen LogP contribution < -0.4 is 5.32 Å². The summed E-state index contributed by atoms with van der Waals surface area (Å²) in [6.07, 6.45) is 5.61. The molecule has 0 spiro atoms. The Balaban J connectivity index is 1.66. The van der Waals surface area contributed by atoms with Crippen LogP contribution in [0.1, 0.15) is 5.69 Å². The minimum atomic E-state index is -3.68. The number of sulfonamides is 1. The van der Waals surface area contributed by atoms with E-state index in [-0.39, 0.29) is 19.6 Å². The number of amides is 4. The number of urea groups is 2. The maximum Gasteiger partial charge on any atom is 0.341 e. The Morgan fingerprint density at radius 3 is 2.65 bits per heavy atom. The summed E-state index contributed by atoms with van der Waals surface area (Å²) in [4.78, 5) is 33.3. The third-order valence-corrected chi connectivity index (χ3v) is 4.98. The van der Waals surface area contributed by atoms with Gasteiger partial charge >= 0.3 is 12.1 Å². The lowest BCUT2D eigenvalue weighted by Crippen LogP contribution is -2.43. The second kappa shape index (κ2) is 6.71. The van der Waals surface area contributed by atoms with Gasteiger partial charge in [0, 0.05) is 19.4 Å². The van der Waals surface area contributed by atoms with E-state index in [0.29, 0.717) is 21.4 Å². The molecule has 2 aromatic heterocycles. The Morgan fingerprint density at radius 2 is 2.04 bits per heavy atom. The zero-order valence-electron chi connectivity index (χ0n) is 14.2. The number of hydrogen-bond acceptors (Lipinski definition) is 7. The predicted molar refractivity (Wildman–Crippen MR) is 90.1 cm³/mol. The minimum Gasteiger partial charge on any atom is -0.332 e. The zero-order chi connectivity index (χ0) is 18.9. The van der Waals surface area contributed by atoms with E-state index in [0.717, 1.165) is 11.2 Å². The van der Waals surface area contributed by atoms with Gasteiger partial charge in [-0.3, -0.25) is 14.6 Å². The smallest absolute Gasteiger partial charge is 0.332 e. The fourth-order valence-electron chi connectivity index (χ4n) is 2.50. The lowest BCUT2D eigenvalue weighted by molar-refractivity contribution is 0.193. The van der Waals surface area contributed by atoms with E-state index < -0.39 is 22.1 Å². The van der Waals surface area contributed by atoms with Gasteiger partial charge in [-0.25, -0.2) is 27.2 Å². The van der Waals surface area contributed by atoms with Gasteiger partial charge < -0.3 is 5.32 Å². The van der Waals surface area contributed by atoms with Gasteiger partial charge in [-0.05, 0) is 6.07 Å². The van der Waals surface area contributed by atoms with E-state index in [1.54, 1.807) is 36.4 Å². The summed E-state index contributed by atoms with van der Waals surface area (Å²) < 4.78 is 25.2. The van der Waals surface area contributed by atoms with Crippen molar-refractivity contribution >= 4 is 22.1 Å². The average Bonchev–Trinajstić information content (AvgIpc) is 3.16. The second-order valence-electron chi connectivity index (χ2n) is 5.66. The summed E-state index contributed by atoms with van der Waals surface area (Å²) in [6.45, 7) is 0.0762. The van der Waals surface area contributed by atoms with Gasteiger partial charge in [0.05, 0.1) is 37.8 Å². The normalized spacial score (nSPS) is 14.8. The number of carbonyl (C=O) groups excluding carboxylic acids is 2. The highest BCUT2D eigenvalue weighted by atomic mass is 32.2. The van der Waals surface area contributed by atoms with Crippen LogP contribution in [0.3, 0.4) is 0 Å². The molecule has 0 unspecified atom stereocenters. The highest BCUT2D eigenvalue weighted by Gasteiger charge is 2.38. The van der Waals surface area contributed by atoms with E-state index in [1.807, 2.05) is 0 Å². The van der Waals surface area contributed by atoms with Crippen LogP contribution in [0.15, 0.2) is 24.7 Å². The fourth-order valence-corrected chi connectivity index (χ4v) is 3.30. The number of aromatic nitrogens is 4. The molecule has 0 aromatic carbocycles. The van der Waals surface area contributed by atoms with Crippen molar-refractivity contribution in [1.82, 2.24) is 34.3 Å². The first-order chi connectivity index (χ1) is 12.3. The summed E-state index contributed by atoms with van der Waals surface area (Å²) in [6, 6.07) is 0.234. The molecular weight excluding hydrogens is 362 g/mol. The SMILES string of the molecule is Cn1nc(-c2cnccn2)cc1CNC(=O)N1CCN(S(C)(=O)=O)C1=O. The topological polar surface area (TPSA) is 130 Å². The number of carbonyl (C=O) groups is 2. The predicted octanol–water partition coefficient (Wildman–Crippen LogP) is -0.216. The number of nitrogens with zero attached hydrogens (tertiary/aromatic N) is 6. The summed E-state index contributed by atoms with van der Waals surface area (Å²) in [7, 11) is -1.97. The van der Waals surface area contributed by atoms with E-state index >= 15 is 0 Å². The third-order valence-electron chi connectivity index (χ3n) is 3.84. The first-order valence-corrected chi connectivity index (χ1v) is 9.48. The lowest BCUT2D eigenvalue weighted by Gasteiger charge is -2.16. The van der Waals surface area contributed by atoms with Crippen molar-refractivity contribution in [2.75, 3.05) is 19.3 Å². The highest BCUT2D eigenvalue weighted by Crippen LogP contribution is 2.16. The van der Waals surface area contributed by atoms with Crippen LogP contribution in [-0.2, 0) is 23.6 Å². The Hall–Kier alpha value is -3.02. The fraction of sp³-hybridized carbons (Fsp3) is 0.357. The molecule has 26 heavy (non-hydrogen) atoms. The van der Waals surface area contributed by atoms with Crippen molar-refractivity contribution in [1.29, 1.82) is 0 Å². The largest absolute Gasteiger partial charge is 0.341 e. The molecule has 3 heterocycles. The van der Waals surface area contributed by atoms with Crippen LogP contribution in [0.25, 0.3) is 11.4 Å². The van der Waals surface area contributed by atoms with Crippen molar-refractivity contribution in [2.45, 2.75) is 6.54 Å². The molecule has 0 atom stereocenters. The molecule has 11 nitrogen and oxygen atoms in total. The Bertz CT molecular complexity index is 941. The molecule has 3 rings (SSSR count). The summed E-state index contributed by atoms with van der Waals surface area (Å²) in [5.41, 5.74) is 1.88. The molecule has 138 valence electrons. The molecule has 4 amide bonds. The van der Waals surface area contributed by atoms with Crippen molar-refractivity contribution in [3.05, 3.63) is 30.4 Å². The van der Waals surface area contributed by atoms with E-state index in [1.165, 1.54) is 0 Å². The van der Waals surface area contributed by atoms with E-state index in [9.17, 15) is 18.0 Å². The minimum absolute atomic E-state index is 0.00792. The van der Waals surface area contributed by atoms with Gasteiger partial charge in [0.2, 0.25) is 10.0 Å². The molecule has 1 N–H and O–H groups in total. The summed E-state index contributed by atoms with van der Waals surface area (Å²) >= 11 is 0. The molecule has 1 aliphatic heterocycles. The van der Waals surface area contributed by atoms with Gasteiger partial charge in [-0.1, -0.05) is 0 Å². The van der Waals surface area contributed by atoms with Crippen LogP contribution in [0.5, 0.6) is 0 Å². The molecule has 0 radical (unpaired) electrons. The van der Waals surface area contributed by atoms with E-state index in [4.69, 9.17) is 0 Å². The molecule has 0 bridgehead atoms. The maximum atomic E-state index is 12.2. The van der Waals surface area contributed by atoms with E-state index in [2.05, 4.69) is 20.4 Å². The van der Waals surface area contributed by atoms with Crippen molar-refractivity contribution < 1.29 is 18.0 Å². The first kappa shape index (κ1) is 17.8. The lowest BCUT2D eigenvalue weighted by atomic mass is 10.3. The van der Waals surface area contributed by atoms with Crippen molar-refractivity contribution in [3.63, 3.8) is 0 Å². The number of nitrogens with one attached hydrogen (secondary N) is 1. The van der Waals surface area contributed by atoms with Crippen LogP contribution in [0.4, 0.5) is 9.59 Å². The first-order valence-electron chi connectivity index (χ1n) is 7.63. The van der Waals surface area contributed by atoms with Crippen LogP contribution in [0, 0.1) is 0 Å². The number of hydrogen-bond donors (Lipinski definition) is 1. The molecular formula is C14H17N7O4S. The summed E-state index contributed by atoms with van der Waals surface area (Å²) in [5, 5.41) is 6.91. The van der Waals surface area contributed by atoms with Gasteiger partial charge in [0.25, 0.3) is 0 Å². The van der Waals surface area contributed by atoms with Crippen LogP contribution in [-0.4, -0.2) is 68.8 Å².